The van der Waals surface area contributed by atoms with Crippen LogP contribution in [0.3, 0.4) is 0 Å². The summed E-state index contributed by atoms with van der Waals surface area (Å²) in [5, 5.41) is 3.38. The maximum atomic E-state index is 13.4. The summed E-state index contributed by atoms with van der Waals surface area (Å²) < 4.78 is 53.5. The van der Waals surface area contributed by atoms with Crippen LogP contribution in [0.2, 0.25) is 10.0 Å². The fraction of sp³-hybridized carbons (Fsp3) is 0.240. The van der Waals surface area contributed by atoms with Crippen molar-refractivity contribution in [3.63, 3.8) is 0 Å². The zero-order chi connectivity index (χ0) is 27.4. The van der Waals surface area contributed by atoms with Crippen molar-refractivity contribution < 1.29 is 21.6 Å². The van der Waals surface area contributed by atoms with Gasteiger partial charge in [0.2, 0.25) is 26.0 Å². The fourth-order valence-electron chi connectivity index (χ4n) is 3.33. The molecule has 3 aromatic rings. The zero-order valence-electron chi connectivity index (χ0n) is 20.5. The highest BCUT2D eigenvalue weighted by molar-refractivity contribution is 7.89. The molecular weight excluding hydrogens is 557 g/mol. The summed E-state index contributed by atoms with van der Waals surface area (Å²) in [4.78, 5) is 13.0. The Balaban J connectivity index is 1.78. The number of aryl methyl sites for hydroxylation is 1. The molecular formula is C25H27Cl2N3O5S2. The van der Waals surface area contributed by atoms with E-state index in [0.717, 1.165) is 14.2 Å². The molecule has 37 heavy (non-hydrogen) atoms. The van der Waals surface area contributed by atoms with Crippen molar-refractivity contribution in [3.8, 4) is 0 Å². The predicted molar refractivity (Wildman–Crippen MR) is 144 cm³/mol. The minimum atomic E-state index is -4.04. The van der Waals surface area contributed by atoms with Gasteiger partial charge in [0.15, 0.2) is 0 Å². The summed E-state index contributed by atoms with van der Waals surface area (Å²) in [6.07, 6.45) is 0. The van der Waals surface area contributed by atoms with Gasteiger partial charge in [0.05, 0.1) is 16.3 Å². The average molecular weight is 585 g/mol. The lowest BCUT2D eigenvalue weighted by molar-refractivity contribution is -0.121. The van der Waals surface area contributed by atoms with Crippen LogP contribution in [0.15, 0.2) is 76.5 Å². The van der Waals surface area contributed by atoms with Crippen LogP contribution in [-0.4, -0.2) is 52.0 Å². The number of amides is 1. The highest BCUT2D eigenvalue weighted by Crippen LogP contribution is 2.25. The Morgan fingerprint density at radius 2 is 1.41 bits per heavy atom. The van der Waals surface area contributed by atoms with Crippen LogP contribution in [0, 0.1) is 6.92 Å². The summed E-state index contributed by atoms with van der Waals surface area (Å²) in [6.45, 7) is 1.33. The Morgan fingerprint density at radius 1 is 0.838 bits per heavy atom. The summed E-state index contributed by atoms with van der Waals surface area (Å²) in [5.74, 6) is -0.536. The second-order valence-corrected chi connectivity index (χ2v) is 13.5. The normalized spacial score (nSPS) is 12.2. The van der Waals surface area contributed by atoms with E-state index in [1.54, 1.807) is 36.4 Å². The molecule has 1 amide bonds. The fourth-order valence-corrected chi connectivity index (χ4v) is 6.08. The van der Waals surface area contributed by atoms with Crippen molar-refractivity contribution in [2.24, 2.45) is 0 Å². The quantitative estimate of drug-likeness (QED) is 0.387. The lowest BCUT2D eigenvalue weighted by Crippen LogP contribution is -2.40. The van der Waals surface area contributed by atoms with Gasteiger partial charge in [-0.05, 0) is 54.4 Å². The average Bonchev–Trinajstić information content (AvgIpc) is 2.84. The van der Waals surface area contributed by atoms with Gasteiger partial charge < -0.3 is 5.32 Å². The number of carbonyl (C=O) groups excluding carboxylic acids is 1. The Morgan fingerprint density at radius 3 is 1.97 bits per heavy atom. The first-order valence-electron chi connectivity index (χ1n) is 11.1. The minimum absolute atomic E-state index is 0.0497. The monoisotopic (exact) mass is 583 g/mol. The summed E-state index contributed by atoms with van der Waals surface area (Å²) in [7, 11) is -4.73. The van der Waals surface area contributed by atoms with Crippen LogP contribution < -0.4 is 5.32 Å². The molecule has 3 rings (SSSR count). The van der Waals surface area contributed by atoms with Gasteiger partial charge in [-0.2, -0.15) is 4.31 Å². The molecule has 0 heterocycles. The number of benzene rings is 3. The van der Waals surface area contributed by atoms with Gasteiger partial charge in [-0.15, -0.1) is 0 Å². The number of halogens is 2. The smallest absolute Gasteiger partial charge is 0.243 e. The summed E-state index contributed by atoms with van der Waals surface area (Å²) in [5.41, 5.74) is 2.04. The van der Waals surface area contributed by atoms with Gasteiger partial charge >= 0.3 is 0 Å². The standard InChI is InChI=1S/C25H27Cl2N3O5S2/c1-18-4-10-23(11-5-18)37(34,35)30(16-20-8-9-21(26)14-24(20)27)17-25(31)28-15-19-6-12-22(13-7-19)36(32,33)29(2)3/h4-14H,15-17H2,1-3H3,(H,28,31). The minimum Gasteiger partial charge on any atom is -0.351 e. The maximum absolute atomic E-state index is 13.4. The molecule has 0 fully saturated rings. The van der Waals surface area contributed by atoms with Crippen LogP contribution in [0.4, 0.5) is 0 Å². The molecule has 3 aromatic carbocycles. The molecule has 0 aromatic heterocycles. The molecule has 8 nitrogen and oxygen atoms in total. The molecule has 198 valence electrons. The van der Waals surface area contributed by atoms with E-state index in [9.17, 15) is 21.6 Å². The molecule has 0 saturated carbocycles. The maximum Gasteiger partial charge on any atom is 0.243 e. The third-order valence-electron chi connectivity index (χ3n) is 5.53. The van der Waals surface area contributed by atoms with Crippen molar-refractivity contribution in [1.82, 2.24) is 13.9 Å². The van der Waals surface area contributed by atoms with Gasteiger partial charge in [0, 0.05) is 37.2 Å². The van der Waals surface area contributed by atoms with E-state index in [0.29, 0.717) is 16.1 Å². The van der Waals surface area contributed by atoms with Crippen molar-refractivity contribution in [2.45, 2.75) is 29.8 Å². The molecule has 0 unspecified atom stereocenters. The third kappa shape index (κ3) is 7.31. The number of rotatable bonds is 10. The number of hydrogen-bond donors (Lipinski definition) is 1. The highest BCUT2D eigenvalue weighted by Gasteiger charge is 2.27. The van der Waals surface area contributed by atoms with E-state index in [-0.39, 0.29) is 27.9 Å². The zero-order valence-corrected chi connectivity index (χ0v) is 23.6. The Bertz CT molecular complexity index is 1480. The lowest BCUT2D eigenvalue weighted by atomic mass is 10.2. The second kappa shape index (κ2) is 11.9. The Hall–Kier alpha value is -2.47. The van der Waals surface area contributed by atoms with E-state index in [1.807, 2.05) is 6.92 Å². The molecule has 1 N–H and O–H groups in total. The SMILES string of the molecule is Cc1ccc(S(=O)(=O)N(CC(=O)NCc2ccc(S(=O)(=O)N(C)C)cc2)Cc2ccc(Cl)cc2Cl)cc1. The van der Waals surface area contributed by atoms with E-state index >= 15 is 0 Å². The number of nitrogens with one attached hydrogen (secondary N) is 1. The van der Waals surface area contributed by atoms with Gasteiger partial charge in [-0.1, -0.05) is 59.1 Å². The van der Waals surface area contributed by atoms with Crippen molar-refractivity contribution >= 4 is 49.2 Å². The summed E-state index contributed by atoms with van der Waals surface area (Å²) in [6, 6.07) is 17.1. The van der Waals surface area contributed by atoms with E-state index < -0.39 is 32.5 Å². The molecule has 0 bridgehead atoms. The van der Waals surface area contributed by atoms with Crippen molar-refractivity contribution in [2.75, 3.05) is 20.6 Å². The van der Waals surface area contributed by atoms with Gasteiger partial charge in [0.1, 0.15) is 0 Å². The van der Waals surface area contributed by atoms with Crippen molar-refractivity contribution in [1.29, 1.82) is 0 Å². The third-order valence-corrected chi connectivity index (χ3v) is 9.75. The molecule has 0 aliphatic carbocycles. The molecule has 0 aliphatic heterocycles. The van der Waals surface area contributed by atoms with Crippen LogP contribution >= 0.6 is 23.2 Å². The number of nitrogens with zero attached hydrogens (tertiary/aromatic N) is 2. The molecule has 12 heteroatoms. The van der Waals surface area contributed by atoms with Gasteiger partial charge in [-0.3, -0.25) is 4.79 Å². The Kier molecular flexibility index (Phi) is 9.38. The van der Waals surface area contributed by atoms with Crippen molar-refractivity contribution in [3.05, 3.63) is 93.5 Å². The van der Waals surface area contributed by atoms with E-state index in [1.165, 1.54) is 44.4 Å². The van der Waals surface area contributed by atoms with Crippen LogP contribution in [0.1, 0.15) is 16.7 Å². The Labute approximate surface area is 227 Å². The molecule has 0 saturated heterocycles. The first kappa shape index (κ1) is 29.1. The van der Waals surface area contributed by atoms with E-state index in [4.69, 9.17) is 23.2 Å². The number of sulfonamides is 2. The number of carbonyl (C=O) groups is 1. The molecule has 0 atom stereocenters. The predicted octanol–water partition coefficient (Wildman–Crippen LogP) is 4.06. The topological polar surface area (TPSA) is 104 Å². The van der Waals surface area contributed by atoms with Crippen LogP contribution in [-0.2, 0) is 37.9 Å². The molecule has 0 aliphatic rings. The van der Waals surface area contributed by atoms with Gasteiger partial charge in [0.25, 0.3) is 0 Å². The number of hydrogen-bond acceptors (Lipinski definition) is 5. The summed E-state index contributed by atoms with van der Waals surface area (Å²) >= 11 is 12.3. The highest BCUT2D eigenvalue weighted by atomic mass is 35.5. The largest absolute Gasteiger partial charge is 0.351 e. The molecule has 0 spiro atoms. The lowest BCUT2D eigenvalue weighted by Gasteiger charge is -2.23. The van der Waals surface area contributed by atoms with Crippen LogP contribution in [0.25, 0.3) is 0 Å². The second-order valence-electron chi connectivity index (χ2n) is 8.53. The molecule has 0 radical (unpaired) electrons. The first-order valence-corrected chi connectivity index (χ1v) is 14.7. The van der Waals surface area contributed by atoms with E-state index in [2.05, 4.69) is 5.32 Å². The van der Waals surface area contributed by atoms with Crippen LogP contribution in [0.5, 0.6) is 0 Å². The first-order chi connectivity index (χ1) is 17.3. The van der Waals surface area contributed by atoms with Gasteiger partial charge in [-0.25, -0.2) is 21.1 Å².